The Morgan fingerprint density at radius 2 is 1.69 bits per heavy atom. The van der Waals surface area contributed by atoms with Crippen LogP contribution in [0.4, 0.5) is 17.6 Å². The average molecular weight is 233 g/mol. The summed E-state index contributed by atoms with van der Waals surface area (Å²) in [5.74, 6) is -1.44. The summed E-state index contributed by atoms with van der Waals surface area (Å²) in [4.78, 5) is 11.2. The van der Waals surface area contributed by atoms with Gasteiger partial charge in [-0.3, -0.25) is 4.79 Å². The average Bonchev–Trinajstić information content (AvgIpc) is 2.17. The Morgan fingerprint density at radius 3 is 2.12 bits per heavy atom. The third kappa shape index (κ3) is 3.15. The number of alkyl halides is 3. The Hall–Kier alpha value is -1.72. The van der Waals surface area contributed by atoms with Crippen LogP contribution in [0, 0.1) is 11.2 Å². The second kappa shape index (κ2) is 4.42. The minimum atomic E-state index is -4.80. The molecule has 6 heteroatoms. The molecule has 0 bridgehead atoms. The van der Waals surface area contributed by atoms with Crippen molar-refractivity contribution < 1.29 is 22.4 Å². The SMILES string of the molecule is N=C(CC(=O)c1ccc(F)cc1)C(F)(F)F. The summed E-state index contributed by atoms with van der Waals surface area (Å²) in [5.41, 5.74) is -1.66. The van der Waals surface area contributed by atoms with Crippen LogP contribution in [0.25, 0.3) is 0 Å². The molecule has 0 heterocycles. The van der Waals surface area contributed by atoms with Gasteiger partial charge in [0.15, 0.2) is 5.78 Å². The van der Waals surface area contributed by atoms with Gasteiger partial charge >= 0.3 is 6.18 Å². The molecule has 86 valence electrons. The van der Waals surface area contributed by atoms with Gasteiger partial charge in [-0.1, -0.05) is 0 Å². The number of hydrogen-bond acceptors (Lipinski definition) is 2. The van der Waals surface area contributed by atoms with E-state index in [1.54, 1.807) is 0 Å². The normalized spacial score (nSPS) is 11.2. The zero-order valence-electron chi connectivity index (χ0n) is 7.94. The largest absolute Gasteiger partial charge is 0.429 e. The maximum atomic E-state index is 12.5. The number of halogens is 4. The van der Waals surface area contributed by atoms with Crippen LogP contribution in [-0.2, 0) is 0 Å². The third-order valence-corrected chi connectivity index (χ3v) is 1.85. The Kier molecular flexibility index (Phi) is 3.41. The summed E-state index contributed by atoms with van der Waals surface area (Å²) >= 11 is 0. The van der Waals surface area contributed by atoms with E-state index in [-0.39, 0.29) is 5.56 Å². The van der Waals surface area contributed by atoms with E-state index in [1.165, 1.54) is 0 Å². The first-order valence-corrected chi connectivity index (χ1v) is 4.24. The van der Waals surface area contributed by atoms with Gasteiger partial charge in [0.1, 0.15) is 11.5 Å². The number of carbonyl (C=O) groups is 1. The molecule has 0 aliphatic heterocycles. The van der Waals surface area contributed by atoms with E-state index in [2.05, 4.69) is 0 Å². The summed E-state index contributed by atoms with van der Waals surface area (Å²) in [6, 6.07) is 4.12. The van der Waals surface area contributed by atoms with Gasteiger partial charge in [0.05, 0.1) is 6.42 Å². The lowest BCUT2D eigenvalue weighted by Gasteiger charge is -2.07. The van der Waals surface area contributed by atoms with E-state index in [0.717, 1.165) is 24.3 Å². The van der Waals surface area contributed by atoms with Crippen molar-refractivity contribution in [1.82, 2.24) is 0 Å². The topological polar surface area (TPSA) is 40.9 Å². The lowest BCUT2D eigenvalue weighted by molar-refractivity contribution is -0.0609. The molecule has 0 saturated carbocycles. The maximum absolute atomic E-state index is 12.5. The van der Waals surface area contributed by atoms with Gasteiger partial charge in [0.2, 0.25) is 0 Å². The summed E-state index contributed by atoms with van der Waals surface area (Å²) in [6.45, 7) is 0. The van der Waals surface area contributed by atoms with Crippen LogP contribution >= 0.6 is 0 Å². The molecular weight excluding hydrogens is 226 g/mol. The van der Waals surface area contributed by atoms with Gasteiger partial charge in [-0.25, -0.2) is 4.39 Å². The molecule has 0 atom stereocenters. The highest BCUT2D eigenvalue weighted by molar-refractivity contribution is 6.10. The minimum absolute atomic E-state index is 0.0459. The Morgan fingerprint density at radius 1 is 1.19 bits per heavy atom. The number of nitrogens with one attached hydrogen (secondary N) is 1. The van der Waals surface area contributed by atoms with Crippen molar-refractivity contribution in [2.45, 2.75) is 12.6 Å². The van der Waals surface area contributed by atoms with Crippen LogP contribution < -0.4 is 0 Å². The standard InChI is InChI=1S/C10H7F4NO/c11-7-3-1-6(2-4-7)8(16)5-9(15)10(12,13)14/h1-4,15H,5H2. The molecule has 0 aliphatic carbocycles. The van der Waals surface area contributed by atoms with Gasteiger partial charge in [-0.2, -0.15) is 13.2 Å². The van der Waals surface area contributed by atoms with Crippen LogP contribution in [-0.4, -0.2) is 17.7 Å². The molecule has 1 rings (SSSR count). The molecule has 1 N–H and O–H groups in total. The number of carbonyl (C=O) groups excluding carboxylic acids is 1. The van der Waals surface area contributed by atoms with Gasteiger partial charge in [-0.15, -0.1) is 0 Å². The Balaban J connectivity index is 2.74. The molecule has 0 radical (unpaired) electrons. The molecule has 0 spiro atoms. The molecule has 0 aromatic heterocycles. The lowest BCUT2D eigenvalue weighted by Crippen LogP contribution is -2.24. The molecule has 0 amide bonds. The molecule has 0 saturated heterocycles. The first kappa shape index (κ1) is 12.4. The van der Waals surface area contributed by atoms with E-state index in [1.807, 2.05) is 0 Å². The van der Waals surface area contributed by atoms with Gasteiger partial charge < -0.3 is 5.41 Å². The molecule has 0 aliphatic rings. The number of Topliss-reactive ketones (excluding diaryl/α,β-unsaturated/α-hetero) is 1. The first-order chi connectivity index (χ1) is 7.30. The number of hydrogen-bond donors (Lipinski definition) is 1. The maximum Gasteiger partial charge on any atom is 0.429 e. The number of ketones is 1. The third-order valence-electron chi connectivity index (χ3n) is 1.85. The fraction of sp³-hybridized carbons (Fsp3) is 0.200. The van der Waals surface area contributed by atoms with Gasteiger partial charge in [0, 0.05) is 5.56 Å². The predicted octanol–water partition coefficient (Wildman–Crippen LogP) is 2.98. The summed E-state index contributed by atoms with van der Waals surface area (Å²) in [6.07, 6.45) is -5.83. The van der Waals surface area contributed by atoms with Crippen LogP contribution in [0.5, 0.6) is 0 Å². The highest BCUT2D eigenvalue weighted by atomic mass is 19.4. The van der Waals surface area contributed by atoms with Gasteiger partial charge in [0.25, 0.3) is 0 Å². The monoisotopic (exact) mass is 233 g/mol. The van der Waals surface area contributed by atoms with E-state index in [0.29, 0.717) is 0 Å². The van der Waals surface area contributed by atoms with Crippen molar-refractivity contribution >= 4 is 11.5 Å². The predicted molar refractivity (Wildman–Crippen MR) is 49.1 cm³/mol. The molecule has 16 heavy (non-hydrogen) atoms. The molecule has 2 nitrogen and oxygen atoms in total. The van der Waals surface area contributed by atoms with Crippen LogP contribution in [0.3, 0.4) is 0 Å². The number of benzene rings is 1. The first-order valence-electron chi connectivity index (χ1n) is 4.24. The zero-order chi connectivity index (χ0) is 12.3. The van der Waals surface area contributed by atoms with Crippen molar-refractivity contribution in [2.24, 2.45) is 0 Å². The summed E-state index contributed by atoms with van der Waals surface area (Å²) < 4.78 is 48.3. The zero-order valence-corrected chi connectivity index (χ0v) is 7.94. The summed E-state index contributed by atoms with van der Waals surface area (Å²) in [7, 11) is 0. The number of rotatable bonds is 3. The molecular formula is C10H7F4NO. The van der Waals surface area contributed by atoms with E-state index in [9.17, 15) is 22.4 Å². The minimum Gasteiger partial charge on any atom is -0.300 e. The van der Waals surface area contributed by atoms with Crippen molar-refractivity contribution in [3.05, 3.63) is 35.6 Å². The second-order valence-corrected chi connectivity index (χ2v) is 3.08. The van der Waals surface area contributed by atoms with E-state index >= 15 is 0 Å². The molecule has 1 aromatic rings. The fourth-order valence-corrected chi connectivity index (χ4v) is 0.999. The van der Waals surface area contributed by atoms with E-state index < -0.39 is 29.9 Å². The van der Waals surface area contributed by atoms with Crippen molar-refractivity contribution in [3.8, 4) is 0 Å². The quantitative estimate of drug-likeness (QED) is 0.486. The molecule has 1 aromatic carbocycles. The highest BCUT2D eigenvalue weighted by Gasteiger charge is 2.35. The van der Waals surface area contributed by atoms with Crippen molar-refractivity contribution in [3.63, 3.8) is 0 Å². The summed E-state index contributed by atoms with van der Waals surface area (Å²) in [5, 5.41) is 6.64. The smallest absolute Gasteiger partial charge is 0.300 e. The second-order valence-electron chi connectivity index (χ2n) is 3.08. The lowest BCUT2D eigenvalue weighted by atomic mass is 10.1. The Labute approximate surface area is 88.4 Å². The van der Waals surface area contributed by atoms with Crippen molar-refractivity contribution in [2.75, 3.05) is 0 Å². The Bertz CT molecular complexity index is 408. The van der Waals surface area contributed by atoms with E-state index in [4.69, 9.17) is 5.41 Å². The fourth-order valence-electron chi connectivity index (χ4n) is 0.999. The van der Waals surface area contributed by atoms with Crippen LogP contribution in [0.1, 0.15) is 16.8 Å². The highest BCUT2D eigenvalue weighted by Crippen LogP contribution is 2.19. The van der Waals surface area contributed by atoms with Gasteiger partial charge in [-0.05, 0) is 24.3 Å². The van der Waals surface area contributed by atoms with Crippen LogP contribution in [0.2, 0.25) is 0 Å². The van der Waals surface area contributed by atoms with Crippen LogP contribution in [0.15, 0.2) is 24.3 Å². The molecule has 0 unspecified atom stereocenters. The van der Waals surface area contributed by atoms with Crippen molar-refractivity contribution in [1.29, 1.82) is 5.41 Å². The molecule has 0 fully saturated rings.